The van der Waals surface area contributed by atoms with Gasteiger partial charge in [0.1, 0.15) is 5.82 Å². The summed E-state index contributed by atoms with van der Waals surface area (Å²) in [7, 11) is 0. The second kappa shape index (κ2) is 5.89. The van der Waals surface area contributed by atoms with Crippen molar-refractivity contribution in [3.05, 3.63) is 54.1 Å². The van der Waals surface area contributed by atoms with Crippen LogP contribution in [0.1, 0.15) is 32.8 Å². The Hall–Kier alpha value is -2.60. The summed E-state index contributed by atoms with van der Waals surface area (Å²) in [4.78, 5) is 4.78. The van der Waals surface area contributed by atoms with E-state index in [1.54, 1.807) is 0 Å². The van der Waals surface area contributed by atoms with Crippen molar-refractivity contribution in [3.8, 4) is 17.5 Å². The van der Waals surface area contributed by atoms with Crippen LogP contribution in [-0.4, -0.2) is 9.55 Å². The lowest BCUT2D eigenvalue weighted by atomic mass is 9.87. The minimum absolute atomic E-state index is 0.138. The first-order chi connectivity index (χ1) is 11.0. The molecule has 1 aromatic heterocycles. The van der Waals surface area contributed by atoms with E-state index in [0.717, 1.165) is 22.4 Å². The molecule has 0 saturated carbocycles. The first-order valence-corrected chi connectivity index (χ1v) is 7.94. The van der Waals surface area contributed by atoms with Gasteiger partial charge < -0.3 is 4.57 Å². The van der Waals surface area contributed by atoms with E-state index >= 15 is 0 Å². The molecule has 0 spiro atoms. The van der Waals surface area contributed by atoms with Crippen molar-refractivity contribution in [1.29, 1.82) is 5.26 Å². The van der Waals surface area contributed by atoms with Crippen LogP contribution in [-0.2, 0) is 12.0 Å². The van der Waals surface area contributed by atoms with Gasteiger partial charge in [-0.15, -0.1) is 0 Å². The average Bonchev–Trinajstić information content (AvgIpc) is 2.91. The Kier molecular flexibility index (Phi) is 3.92. The Morgan fingerprint density at radius 2 is 1.74 bits per heavy atom. The number of nitrogens with zero attached hydrogens (tertiary/aromatic N) is 3. The summed E-state index contributed by atoms with van der Waals surface area (Å²) in [6, 6.07) is 18.9. The van der Waals surface area contributed by atoms with E-state index < -0.39 is 0 Å². The minimum Gasteiger partial charge on any atom is -0.323 e. The summed E-state index contributed by atoms with van der Waals surface area (Å²) in [5.41, 5.74) is 4.59. The Bertz CT molecular complexity index is 859. The fourth-order valence-electron chi connectivity index (χ4n) is 2.80. The molecule has 0 atom stereocenters. The van der Waals surface area contributed by atoms with E-state index in [4.69, 9.17) is 10.2 Å². The van der Waals surface area contributed by atoms with Crippen molar-refractivity contribution in [2.45, 2.75) is 39.2 Å². The minimum atomic E-state index is 0.138. The molecule has 2 aromatic carbocycles. The molecule has 116 valence electrons. The van der Waals surface area contributed by atoms with Gasteiger partial charge in [0.2, 0.25) is 0 Å². The van der Waals surface area contributed by atoms with Gasteiger partial charge >= 0.3 is 0 Å². The second-order valence-corrected chi connectivity index (χ2v) is 6.81. The number of benzene rings is 2. The zero-order valence-electron chi connectivity index (χ0n) is 13.9. The van der Waals surface area contributed by atoms with E-state index in [0.29, 0.717) is 13.0 Å². The molecule has 0 bridgehead atoms. The summed E-state index contributed by atoms with van der Waals surface area (Å²) in [6.07, 6.45) is 0.480. The number of para-hydroxylation sites is 2. The quantitative estimate of drug-likeness (QED) is 0.689. The van der Waals surface area contributed by atoms with Gasteiger partial charge in [-0.25, -0.2) is 4.98 Å². The van der Waals surface area contributed by atoms with E-state index in [9.17, 15) is 0 Å². The highest BCUT2D eigenvalue weighted by Gasteiger charge is 2.15. The zero-order chi connectivity index (χ0) is 16.4. The van der Waals surface area contributed by atoms with Gasteiger partial charge in [0.25, 0.3) is 0 Å². The standard InChI is InChI=1S/C20H21N3/c1-20(2,3)16-11-9-15(10-12-16)19-22-17-7-4-5-8-18(17)23(19)14-6-13-21/h4-5,7-12H,6,14H2,1-3H3. The molecule has 0 aliphatic carbocycles. The first-order valence-electron chi connectivity index (χ1n) is 7.94. The van der Waals surface area contributed by atoms with Crippen LogP contribution in [0.5, 0.6) is 0 Å². The lowest BCUT2D eigenvalue weighted by Crippen LogP contribution is -2.10. The third-order valence-corrected chi connectivity index (χ3v) is 4.11. The maximum Gasteiger partial charge on any atom is 0.141 e. The maximum atomic E-state index is 8.94. The third kappa shape index (κ3) is 2.98. The summed E-state index contributed by atoms with van der Waals surface area (Å²) >= 11 is 0. The number of hydrogen-bond acceptors (Lipinski definition) is 2. The molecule has 0 fully saturated rings. The van der Waals surface area contributed by atoms with Gasteiger partial charge in [-0.3, -0.25) is 0 Å². The highest BCUT2D eigenvalue weighted by atomic mass is 15.1. The molecule has 3 heteroatoms. The summed E-state index contributed by atoms with van der Waals surface area (Å²) in [5.74, 6) is 0.932. The van der Waals surface area contributed by atoms with Gasteiger partial charge in [0.15, 0.2) is 0 Å². The first kappa shape index (κ1) is 15.3. The van der Waals surface area contributed by atoms with Crippen LogP contribution < -0.4 is 0 Å². The van der Waals surface area contributed by atoms with Gasteiger partial charge in [0, 0.05) is 12.1 Å². The number of nitriles is 1. The molecule has 0 radical (unpaired) electrons. The smallest absolute Gasteiger partial charge is 0.141 e. The highest BCUT2D eigenvalue weighted by molar-refractivity contribution is 5.80. The van der Waals surface area contributed by atoms with E-state index in [-0.39, 0.29) is 5.41 Å². The van der Waals surface area contributed by atoms with Crippen LogP contribution >= 0.6 is 0 Å². The largest absolute Gasteiger partial charge is 0.323 e. The van der Waals surface area contributed by atoms with Crippen molar-refractivity contribution >= 4 is 11.0 Å². The van der Waals surface area contributed by atoms with Crippen molar-refractivity contribution in [1.82, 2.24) is 9.55 Å². The molecule has 0 N–H and O–H groups in total. The second-order valence-electron chi connectivity index (χ2n) is 6.81. The molecule has 3 nitrogen and oxygen atoms in total. The van der Waals surface area contributed by atoms with Gasteiger partial charge in [0.05, 0.1) is 23.5 Å². The lowest BCUT2D eigenvalue weighted by molar-refractivity contribution is 0.590. The number of aromatic nitrogens is 2. The number of rotatable bonds is 3. The Morgan fingerprint density at radius 1 is 1.04 bits per heavy atom. The fraction of sp³-hybridized carbons (Fsp3) is 0.300. The van der Waals surface area contributed by atoms with Crippen molar-refractivity contribution in [2.24, 2.45) is 0 Å². The van der Waals surface area contributed by atoms with Crippen LogP contribution in [0.25, 0.3) is 22.4 Å². The maximum absolute atomic E-state index is 8.94. The van der Waals surface area contributed by atoms with E-state index in [2.05, 4.69) is 61.7 Å². The molecule has 0 amide bonds. The third-order valence-electron chi connectivity index (χ3n) is 4.11. The van der Waals surface area contributed by atoms with E-state index in [1.807, 2.05) is 18.2 Å². The van der Waals surface area contributed by atoms with E-state index in [1.165, 1.54) is 5.56 Å². The predicted molar refractivity (Wildman–Crippen MR) is 94.1 cm³/mol. The Morgan fingerprint density at radius 3 is 2.39 bits per heavy atom. The normalized spacial score (nSPS) is 11.6. The zero-order valence-corrected chi connectivity index (χ0v) is 13.9. The molecule has 0 unspecified atom stereocenters. The predicted octanol–water partition coefficient (Wildman–Crippen LogP) is 4.91. The molecule has 3 rings (SSSR count). The van der Waals surface area contributed by atoms with Crippen molar-refractivity contribution in [3.63, 3.8) is 0 Å². The molecular weight excluding hydrogens is 282 g/mol. The van der Waals surface area contributed by atoms with Crippen LogP contribution in [0.3, 0.4) is 0 Å². The SMILES string of the molecule is CC(C)(C)c1ccc(-c2nc3ccccc3n2CCC#N)cc1. The monoisotopic (exact) mass is 303 g/mol. The average molecular weight is 303 g/mol. The number of aryl methyl sites for hydroxylation is 1. The molecule has 1 heterocycles. The highest BCUT2D eigenvalue weighted by Crippen LogP contribution is 2.28. The van der Waals surface area contributed by atoms with Crippen LogP contribution in [0.15, 0.2) is 48.5 Å². The molecule has 0 aliphatic rings. The van der Waals surface area contributed by atoms with Gasteiger partial charge in [-0.1, -0.05) is 57.2 Å². The number of imidazole rings is 1. The number of fused-ring (bicyclic) bond motifs is 1. The van der Waals surface area contributed by atoms with Crippen molar-refractivity contribution in [2.75, 3.05) is 0 Å². The van der Waals surface area contributed by atoms with Crippen LogP contribution in [0.2, 0.25) is 0 Å². The lowest BCUT2D eigenvalue weighted by Gasteiger charge is -2.19. The Labute approximate surface area is 137 Å². The van der Waals surface area contributed by atoms with Crippen molar-refractivity contribution < 1.29 is 0 Å². The topological polar surface area (TPSA) is 41.6 Å². The van der Waals surface area contributed by atoms with Crippen LogP contribution in [0.4, 0.5) is 0 Å². The molecule has 3 aromatic rings. The van der Waals surface area contributed by atoms with Crippen LogP contribution in [0, 0.1) is 11.3 Å². The summed E-state index contributed by atoms with van der Waals surface area (Å²) < 4.78 is 2.14. The Balaban J connectivity index is 2.10. The summed E-state index contributed by atoms with van der Waals surface area (Å²) in [6.45, 7) is 7.30. The molecule has 0 aliphatic heterocycles. The fourth-order valence-corrected chi connectivity index (χ4v) is 2.80. The van der Waals surface area contributed by atoms with Gasteiger partial charge in [-0.2, -0.15) is 5.26 Å². The summed E-state index contributed by atoms with van der Waals surface area (Å²) in [5, 5.41) is 8.94. The molecule has 0 saturated heterocycles. The van der Waals surface area contributed by atoms with Gasteiger partial charge in [-0.05, 0) is 23.1 Å². The molecule has 23 heavy (non-hydrogen) atoms. The molecular formula is C20H21N3. The number of hydrogen-bond donors (Lipinski definition) is 0.